The van der Waals surface area contributed by atoms with Crippen molar-refractivity contribution in [2.24, 2.45) is 11.7 Å². The molecule has 0 bridgehead atoms. The molecule has 3 rings (SSSR count). The molecule has 0 aliphatic heterocycles. The number of nitrogens with zero attached hydrogens (tertiary/aromatic N) is 1. The van der Waals surface area contributed by atoms with Gasteiger partial charge in [0.1, 0.15) is 18.1 Å². The Labute approximate surface area is 278 Å². The van der Waals surface area contributed by atoms with Gasteiger partial charge in [-0.2, -0.15) is 0 Å². The number of unbranched alkanes of at least 4 members (excludes halogenated alkanes) is 1. The van der Waals surface area contributed by atoms with Gasteiger partial charge < -0.3 is 27.0 Å². The lowest BCUT2D eigenvalue weighted by molar-refractivity contribution is -0.134. The van der Waals surface area contributed by atoms with Crippen LogP contribution in [0.4, 0.5) is 0 Å². The first-order chi connectivity index (χ1) is 22.7. The first-order valence-corrected chi connectivity index (χ1v) is 16.6. The van der Waals surface area contributed by atoms with Crippen molar-refractivity contribution >= 4 is 23.6 Å². The molecule has 2 aromatic carbocycles. The highest BCUT2D eigenvalue weighted by Gasteiger charge is 2.33. The molecule has 10 nitrogen and oxygen atoms in total. The average molecular weight is 643 g/mol. The Morgan fingerprint density at radius 3 is 1.89 bits per heavy atom. The molecule has 0 aliphatic rings. The Morgan fingerprint density at radius 2 is 1.36 bits per heavy atom. The third kappa shape index (κ3) is 11.6. The van der Waals surface area contributed by atoms with Crippen LogP contribution >= 0.6 is 0 Å². The summed E-state index contributed by atoms with van der Waals surface area (Å²) in [5.74, 6) is -1.84. The maximum atomic E-state index is 13.9. The number of amides is 4. The first-order valence-electron chi connectivity index (χ1n) is 16.6. The summed E-state index contributed by atoms with van der Waals surface area (Å²) in [4.78, 5) is 58.3. The van der Waals surface area contributed by atoms with Crippen molar-refractivity contribution in [1.82, 2.24) is 26.3 Å². The molecule has 0 fully saturated rings. The topological polar surface area (TPSA) is 155 Å². The van der Waals surface area contributed by atoms with Crippen molar-refractivity contribution in [3.05, 3.63) is 101 Å². The van der Waals surface area contributed by atoms with Crippen molar-refractivity contribution < 1.29 is 19.2 Å². The van der Waals surface area contributed by atoms with Crippen LogP contribution in [0.25, 0.3) is 0 Å². The summed E-state index contributed by atoms with van der Waals surface area (Å²) < 4.78 is 0. The fourth-order valence-electron chi connectivity index (χ4n) is 5.21. The maximum Gasteiger partial charge on any atom is 0.243 e. The summed E-state index contributed by atoms with van der Waals surface area (Å²) in [7, 11) is 0. The summed E-state index contributed by atoms with van der Waals surface area (Å²) in [5.41, 5.74) is 9.19. The van der Waals surface area contributed by atoms with Gasteiger partial charge in [-0.25, -0.2) is 0 Å². The smallest absolute Gasteiger partial charge is 0.243 e. The lowest BCUT2D eigenvalue weighted by Crippen LogP contribution is -2.59. The second-order valence-electron chi connectivity index (χ2n) is 12.0. The number of aromatic nitrogens is 1. The van der Waals surface area contributed by atoms with E-state index in [1.165, 1.54) is 0 Å². The van der Waals surface area contributed by atoms with Gasteiger partial charge in [0.2, 0.25) is 23.6 Å². The Bertz CT molecular complexity index is 1380. The third-order valence-electron chi connectivity index (χ3n) is 8.28. The van der Waals surface area contributed by atoms with E-state index in [0.29, 0.717) is 37.9 Å². The molecule has 252 valence electrons. The average Bonchev–Trinajstić information content (AvgIpc) is 3.09. The van der Waals surface area contributed by atoms with Crippen LogP contribution in [0.5, 0.6) is 0 Å². The van der Waals surface area contributed by atoms with E-state index < -0.39 is 36.0 Å². The number of carbonyl (C=O) groups excluding carboxylic acids is 4. The number of pyridine rings is 1. The number of carbonyl (C=O) groups is 4. The van der Waals surface area contributed by atoms with Gasteiger partial charge >= 0.3 is 0 Å². The van der Waals surface area contributed by atoms with Gasteiger partial charge in [0.15, 0.2) is 0 Å². The van der Waals surface area contributed by atoms with Crippen molar-refractivity contribution in [3.8, 4) is 0 Å². The minimum absolute atomic E-state index is 0.164. The molecule has 10 heteroatoms. The number of aryl methyl sites for hydroxylation is 1. The lowest BCUT2D eigenvalue weighted by atomic mass is 9.96. The quantitative estimate of drug-likeness (QED) is 0.133. The zero-order valence-corrected chi connectivity index (χ0v) is 28.0. The van der Waals surface area contributed by atoms with Crippen LogP contribution in [0, 0.1) is 12.8 Å². The molecule has 6 N–H and O–H groups in total. The number of rotatable bonds is 18. The highest BCUT2D eigenvalue weighted by atomic mass is 16.2. The predicted molar refractivity (Wildman–Crippen MR) is 184 cm³/mol. The zero-order valence-electron chi connectivity index (χ0n) is 28.0. The Balaban J connectivity index is 1.83. The van der Waals surface area contributed by atoms with Gasteiger partial charge in [-0.15, -0.1) is 0 Å². The molecule has 0 saturated carbocycles. The molecule has 4 atom stereocenters. The summed E-state index contributed by atoms with van der Waals surface area (Å²) >= 11 is 0. The summed E-state index contributed by atoms with van der Waals surface area (Å²) in [6.45, 7) is 7.89. The molecular formula is C37H50N6O4. The molecule has 0 spiro atoms. The second-order valence-corrected chi connectivity index (χ2v) is 12.0. The number of nitrogens with one attached hydrogen (secondary N) is 4. The van der Waals surface area contributed by atoms with Crippen molar-refractivity contribution in [3.63, 3.8) is 0 Å². The van der Waals surface area contributed by atoms with E-state index in [0.717, 1.165) is 16.7 Å². The highest BCUT2D eigenvalue weighted by molar-refractivity contribution is 5.94. The molecule has 1 heterocycles. The van der Waals surface area contributed by atoms with Crippen molar-refractivity contribution in [1.29, 1.82) is 0 Å². The number of nitrogens with two attached hydrogens (primary N) is 1. The number of hydrogen-bond acceptors (Lipinski definition) is 6. The van der Waals surface area contributed by atoms with E-state index in [4.69, 9.17) is 5.73 Å². The molecule has 47 heavy (non-hydrogen) atoms. The fourth-order valence-corrected chi connectivity index (χ4v) is 5.21. The number of benzene rings is 2. The second kappa shape index (κ2) is 19.2. The van der Waals surface area contributed by atoms with E-state index in [2.05, 4.69) is 26.3 Å². The Kier molecular flexibility index (Phi) is 15.1. The van der Waals surface area contributed by atoms with E-state index >= 15 is 0 Å². The van der Waals surface area contributed by atoms with Crippen LogP contribution in [0.15, 0.2) is 79.0 Å². The summed E-state index contributed by atoms with van der Waals surface area (Å²) in [5, 5.41) is 11.8. The van der Waals surface area contributed by atoms with Gasteiger partial charge in [-0.3, -0.25) is 24.2 Å². The normalized spacial score (nSPS) is 13.6. The summed E-state index contributed by atoms with van der Waals surface area (Å²) in [6, 6.07) is 19.9. The van der Waals surface area contributed by atoms with Crippen molar-refractivity contribution in [2.75, 3.05) is 6.54 Å². The zero-order chi connectivity index (χ0) is 34.2. The third-order valence-corrected chi connectivity index (χ3v) is 8.28. The molecule has 1 aromatic heterocycles. The van der Waals surface area contributed by atoms with Gasteiger partial charge in [-0.1, -0.05) is 93.9 Å². The largest absolute Gasteiger partial charge is 0.344 e. The molecule has 0 radical (unpaired) electrons. The summed E-state index contributed by atoms with van der Waals surface area (Å²) in [6.07, 6.45) is 4.36. The Morgan fingerprint density at radius 1 is 0.745 bits per heavy atom. The van der Waals surface area contributed by atoms with Crippen LogP contribution in [-0.4, -0.2) is 53.3 Å². The van der Waals surface area contributed by atoms with Gasteiger partial charge in [0.05, 0.1) is 6.04 Å². The van der Waals surface area contributed by atoms with Crippen LogP contribution in [-0.2, 0) is 25.6 Å². The fraction of sp³-hybridized carbons (Fsp3) is 0.432. The lowest BCUT2D eigenvalue weighted by Gasteiger charge is -2.29. The maximum absolute atomic E-state index is 13.9. The SMILES string of the molecule is CCC(=O)N[C@@H](Cc1ccc(C)cn1)C(=O)N[C@H](C(=O)N[C@@H](CCCCN)C(=O)NC(c1ccccc1)c1ccccc1)[C@@H](C)CC. The minimum Gasteiger partial charge on any atom is -0.344 e. The van der Waals surface area contributed by atoms with Gasteiger partial charge in [0.25, 0.3) is 0 Å². The highest BCUT2D eigenvalue weighted by Crippen LogP contribution is 2.22. The van der Waals surface area contributed by atoms with E-state index in [1.54, 1.807) is 13.1 Å². The van der Waals surface area contributed by atoms with Gasteiger partial charge in [-0.05, 0) is 61.4 Å². The van der Waals surface area contributed by atoms with E-state index in [1.807, 2.05) is 93.6 Å². The molecule has 4 amide bonds. The predicted octanol–water partition coefficient (Wildman–Crippen LogP) is 3.88. The molecule has 0 saturated heterocycles. The number of hydrogen-bond donors (Lipinski definition) is 5. The molecule has 0 unspecified atom stereocenters. The van der Waals surface area contributed by atoms with Gasteiger partial charge in [0, 0.05) is 24.7 Å². The monoisotopic (exact) mass is 642 g/mol. The van der Waals surface area contributed by atoms with Crippen LogP contribution in [0.1, 0.15) is 81.3 Å². The first kappa shape index (κ1) is 36.9. The van der Waals surface area contributed by atoms with Crippen LogP contribution in [0.3, 0.4) is 0 Å². The van der Waals surface area contributed by atoms with E-state index in [-0.39, 0.29) is 30.6 Å². The van der Waals surface area contributed by atoms with Crippen molar-refractivity contribution in [2.45, 2.75) is 90.4 Å². The standard InChI is InChI=1S/C37H50N6O4/c1-5-26(4)33(42-36(46)31(40-32(44)6-2)23-29-21-20-25(3)24-39-29)37(47)41-30(19-13-14-22-38)35(45)43-34(27-15-9-7-10-16-27)28-17-11-8-12-18-28/h7-12,15-18,20-21,24,26,30-31,33-34H,5-6,13-14,19,22-23,38H2,1-4H3,(H,40,44)(H,41,47)(H,42,46)(H,43,45)/t26-,30-,31-,33-/m0/s1. The molecule has 3 aromatic rings. The van der Waals surface area contributed by atoms with E-state index in [9.17, 15) is 19.2 Å². The van der Waals surface area contributed by atoms with Crippen LogP contribution in [0.2, 0.25) is 0 Å². The minimum atomic E-state index is -0.941. The molecular weight excluding hydrogens is 592 g/mol. The Hall–Kier alpha value is -4.57. The van der Waals surface area contributed by atoms with Crippen LogP contribution < -0.4 is 27.0 Å². The molecule has 0 aliphatic carbocycles.